The molecule has 0 spiro atoms. The van der Waals surface area contributed by atoms with Crippen LogP contribution in [-0.2, 0) is 6.42 Å². The fraction of sp³-hybridized carbons (Fsp3) is 0.467. The Labute approximate surface area is 117 Å². The summed E-state index contributed by atoms with van der Waals surface area (Å²) in [5, 5.41) is 7.50. The molecule has 1 aromatic heterocycles. The first kappa shape index (κ1) is 17.4. The standard InChI is InChI=1S/C11H13BN2O.2C2H6/c1-12(2)10-5-3-9(4-6-10)7-11-14-13-8-15-11;2*1-2/h3-6,8H,7H2,1-2H3;2*1-2H3. The Morgan fingerprint density at radius 1 is 1.00 bits per heavy atom. The summed E-state index contributed by atoms with van der Waals surface area (Å²) in [6, 6.07) is 8.52. The van der Waals surface area contributed by atoms with Crippen LogP contribution in [0.3, 0.4) is 0 Å². The van der Waals surface area contributed by atoms with Crippen LogP contribution < -0.4 is 5.46 Å². The highest BCUT2D eigenvalue weighted by Crippen LogP contribution is 2.05. The van der Waals surface area contributed by atoms with E-state index in [-0.39, 0.29) is 0 Å². The predicted molar refractivity (Wildman–Crippen MR) is 83.4 cm³/mol. The molecule has 0 N–H and O–H groups in total. The van der Waals surface area contributed by atoms with Gasteiger partial charge in [-0.1, -0.05) is 71.1 Å². The van der Waals surface area contributed by atoms with Gasteiger partial charge in [-0.2, -0.15) is 0 Å². The summed E-state index contributed by atoms with van der Waals surface area (Å²) in [6.07, 6.45) is 2.07. The van der Waals surface area contributed by atoms with E-state index < -0.39 is 0 Å². The van der Waals surface area contributed by atoms with Gasteiger partial charge in [0.2, 0.25) is 12.3 Å². The fourth-order valence-corrected chi connectivity index (χ4v) is 1.47. The van der Waals surface area contributed by atoms with Gasteiger partial charge in [-0.25, -0.2) is 0 Å². The molecule has 4 heteroatoms. The van der Waals surface area contributed by atoms with Gasteiger partial charge in [-0.3, -0.25) is 0 Å². The highest BCUT2D eigenvalue weighted by molar-refractivity contribution is 6.70. The van der Waals surface area contributed by atoms with Crippen LogP contribution in [0.5, 0.6) is 0 Å². The van der Waals surface area contributed by atoms with Gasteiger partial charge in [0.15, 0.2) is 6.71 Å². The summed E-state index contributed by atoms with van der Waals surface area (Å²) in [5.41, 5.74) is 2.55. The van der Waals surface area contributed by atoms with Gasteiger partial charge < -0.3 is 4.42 Å². The molecular formula is C15H25BN2O. The molecule has 1 aromatic carbocycles. The SMILES string of the molecule is CB(C)c1ccc(Cc2nnco2)cc1.CC.CC. The van der Waals surface area contributed by atoms with Crippen LogP contribution in [0.4, 0.5) is 0 Å². The Hall–Kier alpha value is -1.58. The molecule has 0 aliphatic heterocycles. The molecule has 2 rings (SSSR count). The summed E-state index contributed by atoms with van der Waals surface area (Å²) < 4.78 is 5.09. The van der Waals surface area contributed by atoms with Crippen molar-refractivity contribution < 1.29 is 4.42 Å². The van der Waals surface area contributed by atoms with Gasteiger partial charge in [-0.15, -0.1) is 10.2 Å². The van der Waals surface area contributed by atoms with Crippen LogP contribution in [0.15, 0.2) is 35.1 Å². The van der Waals surface area contributed by atoms with E-state index in [0.717, 1.165) is 0 Å². The maximum Gasteiger partial charge on any atom is 0.220 e. The van der Waals surface area contributed by atoms with E-state index in [1.807, 2.05) is 27.7 Å². The molecule has 0 saturated heterocycles. The van der Waals surface area contributed by atoms with Crippen molar-refractivity contribution in [3.8, 4) is 0 Å². The molecule has 0 fully saturated rings. The second-order valence-electron chi connectivity index (χ2n) is 3.91. The van der Waals surface area contributed by atoms with Gasteiger partial charge in [0.1, 0.15) is 0 Å². The van der Waals surface area contributed by atoms with E-state index in [0.29, 0.717) is 19.0 Å². The minimum absolute atomic E-state index is 0.572. The minimum Gasteiger partial charge on any atom is -0.428 e. The third kappa shape index (κ3) is 6.23. The lowest BCUT2D eigenvalue weighted by Gasteiger charge is -2.03. The lowest BCUT2D eigenvalue weighted by molar-refractivity contribution is 0.505. The van der Waals surface area contributed by atoms with Gasteiger partial charge in [0.25, 0.3) is 0 Å². The van der Waals surface area contributed by atoms with Crippen LogP contribution in [-0.4, -0.2) is 16.9 Å². The maximum atomic E-state index is 5.09. The fourth-order valence-electron chi connectivity index (χ4n) is 1.47. The Balaban J connectivity index is 0.000000741. The Morgan fingerprint density at radius 2 is 1.58 bits per heavy atom. The first-order chi connectivity index (χ1) is 9.25. The summed E-state index contributed by atoms with van der Waals surface area (Å²) >= 11 is 0. The van der Waals surface area contributed by atoms with E-state index >= 15 is 0 Å². The maximum absolute atomic E-state index is 5.09. The van der Waals surface area contributed by atoms with Crippen LogP contribution in [0.25, 0.3) is 0 Å². The molecule has 0 aliphatic carbocycles. The molecule has 0 bridgehead atoms. The second-order valence-corrected chi connectivity index (χ2v) is 3.91. The van der Waals surface area contributed by atoms with Crippen molar-refractivity contribution >= 4 is 12.2 Å². The van der Waals surface area contributed by atoms with Crippen molar-refractivity contribution in [2.24, 2.45) is 0 Å². The molecule has 104 valence electrons. The van der Waals surface area contributed by atoms with E-state index in [9.17, 15) is 0 Å². The Kier molecular flexibility index (Phi) is 9.50. The topological polar surface area (TPSA) is 38.9 Å². The first-order valence-electron chi connectivity index (χ1n) is 7.09. The zero-order valence-corrected chi connectivity index (χ0v) is 13.0. The number of hydrogen-bond donors (Lipinski definition) is 0. The third-order valence-corrected chi connectivity index (χ3v) is 2.41. The molecule has 0 amide bonds. The molecule has 3 nitrogen and oxygen atoms in total. The molecule has 0 aliphatic rings. The normalized spacial score (nSPS) is 8.74. The molecule has 0 unspecified atom stereocenters. The van der Waals surface area contributed by atoms with Crippen LogP contribution in [0.1, 0.15) is 39.1 Å². The highest BCUT2D eigenvalue weighted by atomic mass is 16.4. The summed E-state index contributed by atoms with van der Waals surface area (Å²) in [6.45, 7) is 12.9. The molecule has 19 heavy (non-hydrogen) atoms. The smallest absolute Gasteiger partial charge is 0.220 e. The number of aromatic nitrogens is 2. The van der Waals surface area contributed by atoms with Gasteiger partial charge in [-0.05, 0) is 5.56 Å². The Morgan fingerprint density at radius 3 is 2.00 bits per heavy atom. The molecule has 0 saturated carbocycles. The van der Waals surface area contributed by atoms with E-state index in [1.54, 1.807) is 0 Å². The van der Waals surface area contributed by atoms with Crippen molar-refractivity contribution in [1.82, 2.24) is 10.2 Å². The zero-order chi connectivity index (χ0) is 14.7. The lowest BCUT2D eigenvalue weighted by Crippen LogP contribution is -2.21. The quantitative estimate of drug-likeness (QED) is 0.790. The average molecular weight is 260 g/mol. The largest absolute Gasteiger partial charge is 0.428 e. The molecular weight excluding hydrogens is 235 g/mol. The first-order valence-corrected chi connectivity index (χ1v) is 7.09. The van der Waals surface area contributed by atoms with Crippen molar-refractivity contribution in [3.05, 3.63) is 42.1 Å². The van der Waals surface area contributed by atoms with Gasteiger partial charge in [0, 0.05) is 0 Å². The predicted octanol–water partition coefficient (Wildman–Crippen LogP) is 3.67. The molecule has 2 aromatic rings. The lowest BCUT2D eigenvalue weighted by atomic mass is 9.49. The third-order valence-electron chi connectivity index (χ3n) is 2.41. The number of rotatable bonds is 3. The van der Waals surface area contributed by atoms with Gasteiger partial charge >= 0.3 is 0 Å². The van der Waals surface area contributed by atoms with E-state index in [1.165, 1.54) is 17.4 Å². The molecule has 0 atom stereocenters. The van der Waals surface area contributed by atoms with Crippen molar-refractivity contribution in [2.45, 2.75) is 47.8 Å². The van der Waals surface area contributed by atoms with E-state index in [4.69, 9.17) is 4.42 Å². The number of benzene rings is 1. The van der Waals surface area contributed by atoms with Crippen molar-refractivity contribution in [1.29, 1.82) is 0 Å². The van der Waals surface area contributed by atoms with Crippen molar-refractivity contribution in [2.75, 3.05) is 0 Å². The highest BCUT2D eigenvalue weighted by Gasteiger charge is 2.04. The summed E-state index contributed by atoms with van der Waals surface area (Å²) in [4.78, 5) is 0. The van der Waals surface area contributed by atoms with Crippen LogP contribution >= 0.6 is 0 Å². The van der Waals surface area contributed by atoms with Crippen LogP contribution in [0, 0.1) is 0 Å². The Bertz CT molecular complexity index is 410. The van der Waals surface area contributed by atoms with Gasteiger partial charge in [0.05, 0.1) is 6.42 Å². The molecule has 1 heterocycles. The monoisotopic (exact) mass is 260 g/mol. The molecule has 0 radical (unpaired) electrons. The second kappa shape index (κ2) is 10.4. The summed E-state index contributed by atoms with van der Waals surface area (Å²) in [7, 11) is 0. The average Bonchev–Trinajstić information content (AvgIpc) is 2.97. The van der Waals surface area contributed by atoms with Crippen molar-refractivity contribution in [3.63, 3.8) is 0 Å². The zero-order valence-electron chi connectivity index (χ0n) is 13.0. The van der Waals surface area contributed by atoms with Crippen LogP contribution in [0.2, 0.25) is 13.6 Å². The van der Waals surface area contributed by atoms with E-state index in [2.05, 4.69) is 48.1 Å². The number of hydrogen-bond acceptors (Lipinski definition) is 3. The minimum atomic E-state index is 0.572. The number of nitrogens with zero attached hydrogens (tertiary/aromatic N) is 2. The summed E-state index contributed by atoms with van der Waals surface area (Å²) in [5.74, 6) is 0.660.